The van der Waals surface area contributed by atoms with Crippen LogP contribution in [-0.4, -0.2) is 0 Å². The van der Waals surface area contributed by atoms with E-state index in [0.717, 1.165) is 0 Å². The molecule has 0 saturated carbocycles. The van der Waals surface area contributed by atoms with E-state index in [1.54, 1.807) is 18.2 Å². The molecular weight excluding hydrogens is 192 g/mol. The van der Waals surface area contributed by atoms with E-state index in [1.165, 1.54) is 0 Å². The van der Waals surface area contributed by atoms with Crippen molar-refractivity contribution >= 4 is 40.7 Å². The van der Waals surface area contributed by atoms with E-state index >= 15 is 0 Å². The van der Waals surface area contributed by atoms with Gasteiger partial charge < -0.3 is 0 Å². The van der Waals surface area contributed by atoms with Crippen molar-refractivity contribution in [3.8, 4) is 0 Å². The fraction of sp³-hybridized carbons (Fsp3) is 0. The van der Waals surface area contributed by atoms with Gasteiger partial charge in [-0.05, 0) is 18.2 Å². The molecule has 0 aliphatic heterocycles. The van der Waals surface area contributed by atoms with Crippen LogP contribution in [0.15, 0.2) is 18.2 Å². The normalized spacial score (nSPS) is 9.50. The predicted octanol–water partition coefficient (Wildman–Crippen LogP) is 3.56. The van der Waals surface area contributed by atoms with E-state index in [-0.39, 0.29) is 0 Å². The lowest BCUT2D eigenvalue weighted by Crippen LogP contribution is -1.78. The molecule has 0 saturated heterocycles. The highest BCUT2D eigenvalue weighted by Crippen LogP contribution is 2.22. The molecule has 4 heteroatoms. The van der Waals surface area contributed by atoms with Crippen LogP contribution < -0.4 is 4.84 Å². The summed E-state index contributed by atoms with van der Waals surface area (Å²) in [5.41, 5.74) is 0.694. The van der Waals surface area contributed by atoms with Crippen LogP contribution >= 0.6 is 35.0 Å². The average molecular weight is 196 g/mol. The molecule has 54 valence electrons. The average Bonchev–Trinajstić information content (AvgIpc) is 1.85. The Labute approximate surface area is 74.0 Å². The molecule has 0 radical (unpaired) electrons. The fourth-order valence-corrected chi connectivity index (χ4v) is 1.24. The summed E-state index contributed by atoms with van der Waals surface area (Å²) >= 11 is 16.6. The quantitative estimate of drug-likeness (QED) is 0.677. The van der Waals surface area contributed by atoms with Crippen LogP contribution in [0.3, 0.4) is 0 Å². The number of hydrogen-bond acceptors (Lipinski definition) is 1. The molecule has 0 spiro atoms. The first-order valence-electron chi connectivity index (χ1n) is 2.55. The maximum Gasteiger partial charge on any atom is 0.0521 e. The summed E-state index contributed by atoms with van der Waals surface area (Å²) in [4.78, 5) is 2.41. The van der Waals surface area contributed by atoms with Crippen LogP contribution in [-0.2, 0) is 0 Å². The Morgan fingerprint density at radius 1 is 1.00 bits per heavy atom. The van der Waals surface area contributed by atoms with Gasteiger partial charge in [-0.15, -0.1) is 0 Å². The zero-order chi connectivity index (χ0) is 7.56. The van der Waals surface area contributed by atoms with Crippen molar-refractivity contribution in [1.29, 1.82) is 0 Å². The highest BCUT2D eigenvalue weighted by atomic mass is 35.5. The Morgan fingerprint density at radius 3 is 1.90 bits per heavy atom. The number of halogens is 3. The molecule has 1 N–H and O–H groups in total. The molecule has 0 aliphatic carbocycles. The summed E-state index contributed by atoms with van der Waals surface area (Å²) in [5.74, 6) is 0. The Balaban J connectivity index is 3.06. The molecule has 1 rings (SSSR count). The van der Waals surface area contributed by atoms with Crippen molar-refractivity contribution < 1.29 is 0 Å². The minimum atomic E-state index is 0.565. The van der Waals surface area contributed by atoms with Gasteiger partial charge in [0, 0.05) is 21.8 Å². The Morgan fingerprint density at radius 2 is 1.50 bits per heavy atom. The lowest BCUT2D eigenvalue weighted by atomic mass is 10.3. The number of anilines is 1. The molecule has 1 aromatic carbocycles. The van der Waals surface area contributed by atoms with Gasteiger partial charge in [0.15, 0.2) is 0 Å². The second-order valence-corrected chi connectivity index (χ2v) is 2.81. The molecule has 0 fully saturated rings. The van der Waals surface area contributed by atoms with Gasteiger partial charge in [0.1, 0.15) is 0 Å². The van der Waals surface area contributed by atoms with Crippen LogP contribution in [0.25, 0.3) is 0 Å². The third-order valence-electron chi connectivity index (χ3n) is 0.972. The molecule has 0 amide bonds. The summed E-state index contributed by atoms with van der Waals surface area (Å²) in [7, 11) is 0. The van der Waals surface area contributed by atoms with Gasteiger partial charge >= 0.3 is 0 Å². The minimum absolute atomic E-state index is 0.565. The smallest absolute Gasteiger partial charge is 0.0521 e. The lowest BCUT2D eigenvalue weighted by molar-refractivity contribution is 1.67. The Kier molecular flexibility index (Phi) is 2.66. The van der Waals surface area contributed by atoms with Crippen LogP contribution in [0.5, 0.6) is 0 Å². The van der Waals surface area contributed by atoms with Crippen molar-refractivity contribution in [3.05, 3.63) is 28.2 Å². The summed E-state index contributed by atoms with van der Waals surface area (Å²) in [6.45, 7) is 0. The lowest BCUT2D eigenvalue weighted by Gasteiger charge is -1.97. The third-order valence-corrected chi connectivity index (χ3v) is 1.63. The second-order valence-electron chi connectivity index (χ2n) is 1.75. The first kappa shape index (κ1) is 7.99. The molecule has 10 heavy (non-hydrogen) atoms. The van der Waals surface area contributed by atoms with Crippen molar-refractivity contribution in [2.45, 2.75) is 0 Å². The second kappa shape index (κ2) is 3.33. The van der Waals surface area contributed by atoms with Crippen LogP contribution in [0, 0.1) is 0 Å². The summed E-state index contributed by atoms with van der Waals surface area (Å²) in [6.07, 6.45) is 0. The van der Waals surface area contributed by atoms with Crippen molar-refractivity contribution in [3.63, 3.8) is 0 Å². The van der Waals surface area contributed by atoms with Gasteiger partial charge in [-0.3, -0.25) is 4.84 Å². The molecule has 0 atom stereocenters. The van der Waals surface area contributed by atoms with Gasteiger partial charge in [0.05, 0.1) is 5.69 Å². The van der Waals surface area contributed by atoms with Crippen molar-refractivity contribution in [2.75, 3.05) is 4.84 Å². The molecule has 0 aromatic heterocycles. The fourth-order valence-electron chi connectivity index (χ4n) is 0.608. The zero-order valence-corrected chi connectivity index (χ0v) is 7.13. The molecule has 0 heterocycles. The standard InChI is InChI=1S/C6H4Cl3N/c7-4-1-5(8)3-6(2-4)10-9/h1-3,10H. The summed E-state index contributed by atoms with van der Waals surface area (Å²) < 4.78 is 0. The number of benzene rings is 1. The van der Waals surface area contributed by atoms with Crippen LogP contribution in [0.1, 0.15) is 0 Å². The Hall–Kier alpha value is -0.110. The highest BCUT2D eigenvalue weighted by Gasteiger charge is 1.94. The van der Waals surface area contributed by atoms with Crippen LogP contribution in [0.4, 0.5) is 5.69 Å². The first-order valence-corrected chi connectivity index (χ1v) is 3.68. The molecule has 0 aliphatic rings. The first-order chi connectivity index (χ1) is 4.72. The van der Waals surface area contributed by atoms with E-state index in [9.17, 15) is 0 Å². The van der Waals surface area contributed by atoms with Gasteiger partial charge in [-0.2, -0.15) is 0 Å². The SMILES string of the molecule is ClNc1cc(Cl)cc(Cl)c1. The third kappa shape index (κ3) is 1.94. The number of rotatable bonds is 1. The minimum Gasteiger partial charge on any atom is -0.298 e. The molecule has 1 nitrogen and oxygen atoms in total. The van der Waals surface area contributed by atoms with Gasteiger partial charge in [0.25, 0.3) is 0 Å². The van der Waals surface area contributed by atoms with Gasteiger partial charge in [-0.1, -0.05) is 23.2 Å². The summed E-state index contributed by atoms with van der Waals surface area (Å²) in [6, 6.07) is 5.00. The maximum absolute atomic E-state index is 5.65. The van der Waals surface area contributed by atoms with E-state index in [0.29, 0.717) is 15.7 Å². The van der Waals surface area contributed by atoms with Crippen molar-refractivity contribution in [1.82, 2.24) is 0 Å². The topological polar surface area (TPSA) is 12.0 Å². The van der Waals surface area contributed by atoms with Crippen molar-refractivity contribution in [2.24, 2.45) is 0 Å². The van der Waals surface area contributed by atoms with E-state index in [1.807, 2.05) is 0 Å². The van der Waals surface area contributed by atoms with E-state index in [4.69, 9.17) is 35.0 Å². The maximum atomic E-state index is 5.65. The van der Waals surface area contributed by atoms with Gasteiger partial charge in [0.2, 0.25) is 0 Å². The van der Waals surface area contributed by atoms with Crippen LogP contribution in [0.2, 0.25) is 10.0 Å². The number of hydrogen-bond donors (Lipinski definition) is 1. The molecular formula is C6H4Cl3N. The molecule has 1 aromatic rings. The molecule has 0 bridgehead atoms. The largest absolute Gasteiger partial charge is 0.298 e. The van der Waals surface area contributed by atoms with E-state index in [2.05, 4.69) is 4.84 Å². The monoisotopic (exact) mass is 195 g/mol. The van der Waals surface area contributed by atoms with E-state index < -0.39 is 0 Å². The number of nitrogens with one attached hydrogen (secondary N) is 1. The zero-order valence-electron chi connectivity index (χ0n) is 4.87. The Bertz CT molecular complexity index is 216. The summed E-state index contributed by atoms with van der Waals surface area (Å²) in [5, 5.41) is 1.13. The predicted molar refractivity (Wildman–Crippen MR) is 45.9 cm³/mol. The molecule has 0 unspecified atom stereocenters. The highest BCUT2D eigenvalue weighted by molar-refractivity contribution is 6.35. The van der Waals surface area contributed by atoms with Gasteiger partial charge in [-0.25, -0.2) is 0 Å².